The molecule has 7 heteroatoms. The molecule has 0 aromatic carbocycles. The van der Waals surface area contributed by atoms with Gasteiger partial charge in [0.15, 0.2) is 5.65 Å². The van der Waals surface area contributed by atoms with Gasteiger partial charge in [-0.05, 0) is 28.0 Å². The van der Waals surface area contributed by atoms with Gasteiger partial charge in [-0.25, -0.2) is 9.67 Å². The number of pyridine rings is 1. The van der Waals surface area contributed by atoms with E-state index in [2.05, 4.69) is 45.7 Å². The summed E-state index contributed by atoms with van der Waals surface area (Å²) in [5, 5.41) is 5.27. The van der Waals surface area contributed by atoms with Gasteiger partial charge >= 0.3 is 0 Å². The maximum absolute atomic E-state index is 5.72. The van der Waals surface area contributed by atoms with Crippen LogP contribution in [-0.4, -0.2) is 36.6 Å². The Labute approximate surface area is 128 Å². The number of halogens is 1. The fourth-order valence-corrected chi connectivity index (χ4v) is 2.86. The number of nitrogens with zero attached hydrogens (tertiary/aromatic N) is 3. The van der Waals surface area contributed by atoms with Crippen LogP contribution in [0.5, 0.6) is 5.88 Å². The largest absolute Gasteiger partial charge is 0.479 e. The van der Waals surface area contributed by atoms with Crippen molar-refractivity contribution in [3.63, 3.8) is 0 Å². The summed E-state index contributed by atoms with van der Waals surface area (Å²) in [6.07, 6.45) is 1.75. The summed E-state index contributed by atoms with van der Waals surface area (Å²) < 4.78 is 13.6. The van der Waals surface area contributed by atoms with E-state index >= 15 is 0 Å². The molecule has 0 N–H and O–H groups in total. The van der Waals surface area contributed by atoms with E-state index in [4.69, 9.17) is 9.47 Å². The second-order valence-corrected chi connectivity index (χ2v) is 12.4. The third kappa shape index (κ3) is 3.80. The molecule has 0 spiro atoms. The van der Waals surface area contributed by atoms with Crippen LogP contribution in [0.3, 0.4) is 0 Å². The number of hydrogen-bond acceptors (Lipinski definition) is 4. The van der Waals surface area contributed by atoms with Crippen molar-refractivity contribution in [2.75, 3.05) is 13.7 Å². The minimum Gasteiger partial charge on any atom is -0.479 e. The highest BCUT2D eigenvalue weighted by molar-refractivity contribution is 9.10. The maximum atomic E-state index is 5.72. The topological polar surface area (TPSA) is 49.2 Å². The molecule has 0 fully saturated rings. The normalized spacial score (nSPS) is 12.1. The maximum Gasteiger partial charge on any atom is 0.242 e. The zero-order valence-corrected chi connectivity index (χ0v) is 14.9. The Bertz CT molecular complexity index is 595. The predicted molar refractivity (Wildman–Crippen MR) is 85.9 cm³/mol. The molecule has 2 aromatic heterocycles. The van der Waals surface area contributed by atoms with Crippen LogP contribution in [0.4, 0.5) is 0 Å². The molecular formula is C13H20BrN3O2Si. The molecule has 2 aromatic rings. The van der Waals surface area contributed by atoms with Crippen molar-refractivity contribution in [1.82, 2.24) is 14.8 Å². The van der Waals surface area contributed by atoms with Crippen LogP contribution in [0, 0.1) is 0 Å². The second kappa shape index (κ2) is 6.24. The van der Waals surface area contributed by atoms with Crippen LogP contribution in [0.1, 0.15) is 0 Å². The van der Waals surface area contributed by atoms with Gasteiger partial charge < -0.3 is 9.47 Å². The molecule has 5 nitrogen and oxygen atoms in total. The molecule has 0 aliphatic rings. The minimum absolute atomic E-state index is 0.402. The molecule has 0 amide bonds. The van der Waals surface area contributed by atoms with Crippen LogP contribution in [0.2, 0.25) is 25.7 Å². The van der Waals surface area contributed by atoms with Crippen LogP contribution in [0.25, 0.3) is 11.0 Å². The molecule has 0 unspecified atom stereocenters. The smallest absolute Gasteiger partial charge is 0.242 e. The van der Waals surface area contributed by atoms with Crippen LogP contribution in [0.15, 0.2) is 16.7 Å². The van der Waals surface area contributed by atoms with E-state index in [0.29, 0.717) is 12.6 Å². The lowest BCUT2D eigenvalue weighted by Gasteiger charge is -2.15. The lowest BCUT2D eigenvalue weighted by atomic mass is 10.3. The van der Waals surface area contributed by atoms with E-state index in [-0.39, 0.29) is 0 Å². The lowest BCUT2D eigenvalue weighted by molar-refractivity contribution is 0.0803. The number of rotatable bonds is 6. The van der Waals surface area contributed by atoms with E-state index in [1.807, 2.05) is 6.07 Å². The summed E-state index contributed by atoms with van der Waals surface area (Å²) in [5.41, 5.74) is 0.776. The molecule has 0 aliphatic carbocycles. The predicted octanol–water partition coefficient (Wildman–Crippen LogP) is 3.51. The van der Waals surface area contributed by atoms with Crippen molar-refractivity contribution in [2.45, 2.75) is 32.4 Å². The highest BCUT2D eigenvalue weighted by atomic mass is 79.9. The molecule has 110 valence electrons. The molecule has 2 heterocycles. The van der Waals surface area contributed by atoms with Gasteiger partial charge in [0.1, 0.15) is 6.73 Å². The SMILES string of the molecule is COc1nn(COCC[Si](C)(C)C)c2ncc(Br)cc12. The average Bonchev–Trinajstić information content (AvgIpc) is 2.71. The Morgan fingerprint density at radius 2 is 2.10 bits per heavy atom. The second-order valence-electron chi connectivity index (χ2n) is 5.88. The van der Waals surface area contributed by atoms with Gasteiger partial charge in [-0.15, -0.1) is 5.10 Å². The van der Waals surface area contributed by atoms with Crippen LogP contribution < -0.4 is 4.74 Å². The van der Waals surface area contributed by atoms with Crippen LogP contribution in [-0.2, 0) is 11.5 Å². The molecule has 0 atom stereocenters. The number of aromatic nitrogens is 3. The van der Waals surface area contributed by atoms with E-state index in [9.17, 15) is 0 Å². The first-order chi connectivity index (χ1) is 9.40. The van der Waals surface area contributed by atoms with Gasteiger partial charge in [-0.3, -0.25) is 0 Å². The number of methoxy groups -OCH3 is 1. The Balaban J connectivity index is 2.10. The summed E-state index contributed by atoms with van der Waals surface area (Å²) in [7, 11) is 0.551. The Morgan fingerprint density at radius 1 is 1.35 bits per heavy atom. The third-order valence-corrected chi connectivity index (χ3v) is 5.06. The fourth-order valence-electron chi connectivity index (χ4n) is 1.78. The molecular weight excluding hydrogens is 338 g/mol. The number of hydrogen-bond donors (Lipinski definition) is 0. The van der Waals surface area contributed by atoms with Crippen LogP contribution >= 0.6 is 15.9 Å². The standard InChI is InChI=1S/C13H20BrN3O2Si/c1-18-13-11-7-10(14)8-15-12(11)17(16-13)9-19-5-6-20(2,3)4/h7-8H,5-6,9H2,1-4H3. The molecule has 20 heavy (non-hydrogen) atoms. The van der Waals surface area contributed by atoms with E-state index in [1.165, 1.54) is 0 Å². The van der Waals surface area contributed by atoms with E-state index < -0.39 is 8.07 Å². The van der Waals surface area contributed by atoms with E-state index in [1.54, 1.807) is 18.0 Å². The van der Waals surface area contributed by atoms with Crippen molar-refractivity contribution < 1.29 is 9.47 Å². The molecule has 0 aliphatic heterocycles. The summed E-state index contributed by atoms with van der Waals surface area (Å²) in [6.45, 7) is 8.17. The Morgan fingerprint density at radius 3 is 2.75 bits per heavy atom. The molecule has 2 rings (SSSR count). The van der Waals surface area contributed by atoms with Crippen molar-refractivity contribution in [3.05, 3.63) is 16.7 Å². The first-order valence-corrected chi connectivity index (χ1v) is 11.0. The monoisotopic (exact) mass is 357 g/mol. The van der Waals surface area contributed by atoms with Gasteiger partial charge in [0, 0.05) is 25.4 Å². The number of ether oxygens (including phenoxy) is 2. The Kier molecular flexibility index (Phi) is 4.82. The number of fused-ring (bicyclic) bond motifs is 1. The van der Waals surface area contributed by atoms with Gasteiger partial charge in [-0.1, -0.05) is 19.6 Å². The van der Waals surface area contributed by atoms with E-state index in [0.717, 1.165) is 28.2 Å². The molecule has 0 radical (unpaired) electrons. The van der Waals surface area contributed by atoms with Crippen molar-refractivity contribution in [3.8, 4) is 5.88 Å². The minimum atomic E-state index is -1.06. The molecule has 0 bridgehead atoms. The average molecular weight is 358 g/mol. The van der Waals surface area contributed by atoms with Gasteiger partial charge in [0.25, 0.3) is 0 Å². The Hall–Kier alpha value is -0.923. The third-order valence-electron chi connectivity index (χ3n) is 2.92. The first kappa shape index (κ1) is 15.5. The highest BCUT2D eigenvalue weighted by Crippen LogP contribution is 2.25. The lowest BCUT2D eigenvalue weighted by Crippen LogP contribution is -2.22. The molecule has 0 saturated carbocycles. The van der Waals surface area contributed by atoms with Gasteiger partial charge in [0.2, 0.25) is 5.88 Å². The molecule has 0 saturated heterocycles. The summed E-state index contributed by atoms with van der Waals surface area (Å²) in [6, 6.07) is 3.09. The summed E-state index contributed by atoms with van der Waals surface area (Å²) in [5.74, 6) is 0.572. The summed E-state index contributed by atoms with van der Waals surface area (Å²) in [4.78, 5) is 4.38. The van der Waals surface area contributed by atoms with Gasteiger partial charge in [0.05, 0.1) is 12.5 Å². The van der Waals surface area contributed by atoms with Crippen molar-refractivity contribution >= 4 is 35.0 Å². The van der Waals surface area contributed by atoms with Crippen molar-refractivity contribution in [2.24, 2.45) is 0 Å². The first-order valence-electron chi connectivity index (χ1n) is 6.54. The zero-order valence-electron chi connectivity index (χ0n) is 12.3. The van der Waals surface area contributed by atoms with Crippen molar-refractivity contribution in [1.29, 1.82) is 0 Å². The quantitative estimate of drug-likeness (QED) is 0.586. The van der Waals surface area contributed by atoms with Gasteiger partial charge in [-0.2, -0.15) is 0 Å². The highest BCUT2D eigenvalue weighted by Gasteiger charge is 2.14. The summed E-state index contributed by atoms with van der Waals surface area (Å²) >= 11 is 3.41. The fraction of sp³-hybridized carbons (Fsp3) is 0.538. The zero-order chi connectivity index (χ0) is 14.8.